The van der Waals surface area contributed by atoms with Crippen molar-refractivity contribution in [2.75, 3.05) is 5.75 Å². The van der Waals surface area contributed by atoms with Crippen LogP contribution < -0.4 is 0 Å². The van der Waals surface area contributed by atoms with E-state index in [0.29, 0.717) is 6.54 Å². The standard InChI is InChI=1S/C20H22N2O4S/c1-14-19(12-23)11-22(21-14)10-15-4-5-17-8-16(9-18(17)7-15)13-27(24,25)20-3-2-6-26-20/h2-7,11,16,23H,8-10,12-13H2,1H3/t16-/m1/s1. The molecule has 27 heavy (non-hydrogen) atoms. The van der Waals surface area contributed by atoms with E-state index in [1.165, 1.54) is 23.5 Å². The van der Waals surface area contributed by atoms with Crippen molar-refractivity contribution < 1.29 is 17.9 Å². The molecule has 1 N–H and O–H groups in total. The van der Waals surface area contributed by atoms with Crippen LogP contribution in [0.15, 0.2) is 52.3 Å². The Balaban J connectivity index is 1.47. The van der Waals surface area contributed by atoms with Crippen molar-refractivity contribution in [3.05, 3.63) is 70.7 Å². The van der Waals surface area contributed by atoms with Gasteiger partial charge >= 0.3 is 0 Å². The summed E-state index contributed by atoms with van der Waals surface area (Å²) in [5, 5.41) is 13.8. The van der Waals surface area contributed by atoms with Crippen molar-refractivity contribution >= 4 is 9.84 Å². The molecule has 1 aromatic carbocycles. The minimum absolute atomic E-state index is 0.0121. The largest absolute Gasteiger partial charge is 0.453 e. The van der Waals surface area contributed by atoms with E-state index < -0.39 is 9.84 Å². The number of aliphatic hydroxyl groups excluding tert-OH is 1. The molecule has 0 saturated carbocycles. The third kappa shape index (κ3) is 3.70. The van der Waals surface area contributed by atoms with Crippen LogP contribution in [0, 0.1) is 12.8 Å². The molecule has 0 unspecified atom stereocenters. The lowest BCUT2D eigenvalue weighted by atomic mass is 10.1. The summed E-state index contributed by atoms with van der Waals surface area (Å²) in [6.45, 7) is 2.50. The molecule has 3 aromatic rings. The van der Waals surface area contributed by atoms with Crippen molar-refractivity contribution in [3.8, 4) is 0 Å². The smallest absolute Gasteiger partial charge is 0.217 e. The van der Waals surface area contributed by atoms with Crippen molar-refractivity contribution in [2.24, 2.45) is 5.92 Å². The molecule has 0 radical (unpaired) electrons. The number of nitrogens with zero attached hydrogens (tertiary/aromatic N) is 2. The number of aryl methyl sites for hydroxylation is 1. The molecule has 142 valence electrons. The van der Waals surface area contributed by atoms with Gasteiger partial charge in [0.05, 0.1) is 30.9 Å². The van der Waals surface area contributed by atoms with Crippen LogP contribution in [0.4, 0.5) is 0 Å². The van der Waals surface area contributed by atoms with Gasteiger partial charge in [0.1, 0.15) is 0 Å². The fraction of sp³-hybridized carbons (Fsp3) is 0.350. The van der Waals surface area contributed by atoms with E-state index >= 15 is 0 Å². The molecule has 2 aromatic heterocycles. The topological polar surface area (TPSA) is 85.3 Å². The zero-order valence-electron chi connectivity index (χ0n) is 15.1. The van der Waals surface area contributed by atoms with E-state index in [1.54, 1.807) is 6.07 Å². The molecule has 1 aliphatic carbocycles. The monoisotopic (exact) mass is 386 g/mol. The van der Waals surface area contributed by atoms with Gasteiger partial charge in [-0.05, 0) is 54.5 Å². The summed E-state index contributed by atoms with van der Waals surface area (Å²) in [5.74, 6) is 0.168. The second-order valence-electron chi connectivity index (χ2n) is 7.19. The molecular weight excluding hydrogens is 364 g/mol. The first-order chi connectivity index (χ1) is 12.9. The Morgan fingerprint density at radius 1 is 1.26 bits per heavy atom. The number of hydrogen-bond donors (Lipinski definition) is 1. The van der Waals surface area contributed by atoms with E-state index in [-0.39, 0.29) is 23.4 Å². The SMILES string of the molecule is Cc1nn(Cc2ccc3c(c2)C[C@H](CS(=O)(=O)c2ccco2)C3)cc1CO. The number of aliphatic hydroxyl groups is 1. The van der Waals surface area contributed by atoms with Crippen LogP contribution >= 0.6 is 0 Å². The van der Waals surface area contributed by atoms with E-state index in [4.69, 9.17) is 4.42 Å². The normalized spacial score (nSPS) is 16.6. The molecule has 0 amide bonds. The van der Waals surface area contributed by atoms with Gasteiger partial charge in [-0.25, -0.2) is 8.42 Å². The molecule has 0 fully saturated rings. The molecule has 0 saturated heterocycles. The molecule has 0 aliphatic heterocycles. The Hall–Kier alpha value is -2.38. The maximum absolute atomic E-state index is 12.4. The van der Waals surface area contributed by atoms with Crippen LogP contribution in [-0.4, -0.2) is 29.1 Å². The van der Waals surface area contributed by atoms with Gasteiger partial charge in [-0.3, -0.25) is 4.68 Å². The van der Waals surface area contributed by atoms with Crippen LogP contribution in [0.3, 0.4) is 0 Å². The summed E-state index contributed by atoms with van der Waals surface area (Å²) in [6.07, 6.45) is 4.78. The third-order valence-corrected chi connectivity index (χ3v) is 6.86. The summed E-state index contributed by atoms with van der Waals surface area (Å²) in [4.78, 5) is 0. The van der Waals surface area contributed by atoms with Gasteiger partial charge in [0.15, 0.2) is 0 Å². The first-order valence-electron chi connectivity index (χ1n) is 8.95. The second-order valence-corrected chi connectivity index (χ2v) is 9.15. The molecule has 1 atom stereocenters. The van der Waals surface area contributed by atoms with Crippen LogP contribution in [0.5, 0.6) is 0 Å². The second kappa shape index (κ2) is 6.98. The summed E-state index contributed by atoms with van der Waals surface area (Å²) in [6, 6.07) is 9.40. The number of furan rings is 1. The van der Waals surface area contributed by atoms with Crippen molar-refractivity contribution in [2.45, 2.75) is 38.0 Å². The number of sulfone groups is 1. The van der Waals surface area contributed by atoms with Crippen molar-refractivity contribution in [1.82, 2.24) is 9.78 Å². The molecule has 2 heterocycles. The lowest BCUT2D eigenvalue weighted by molar-refractivity contribution is 0.281. The van der Waals surface area contributed by atoms with E-state index in [0.717, 1.165) is 29.7 Å². The Labute approximate surface area is 158 Å². The maximum atomic E-state index is 12.4. The first kappa shape index (κ1) is 18.0. The van der Waals surface area contributed by atoms with Gasteiger partial charge in [0.2, 0.25) is 14.9 Å². The van der Waals surface area contributed by atoms with Crippen LogP contribution in [0.1, 0.15) is 27.9 Å². The van der Waals surface area contributed by atoms with Gasteiger partial charge in [0, 0.05) is 11.8 Å². The quantitative estimate of drug-likeness (QED) is 0.704. The zero-order chi connectivity index (χ0) is 19.0. The van der Waals surface area contributed by atoms with Crippen LogP contribution in [0.2, 0.25) is 0 Å². The minimum Gasteiger partial charge on any atom is -0.453 e. The Bertz CT molecular complexity index is 1050. The number of hydrogen-bond acceptors (Lipinski definition) is 5. The van der Waals surface area contributed by atoms with Gasteiger partial charge in [-0.2, -0.15) is 5.10 Å². The predicted molar refractivity (Wildman–Crippen MR) is 100 cm³/mol. The van der Waals surface area contributed by atoms with Gasteiger partial charge in [-0.15, -0.1) is 0 Å². The van der Waals surface area contributed by atoms with E-state index in [1.807, 2.05) is 17.8 Å². The highest BCUT2D eigenvalue weighted by Gasteiger charge is 2.29. The van der Waals surface area contributed by atoms with Crippen LogP contribution in [-0.2, 0) is 35.8 Å². The number of benzene rings is 1. The highest BCUT2D eigenvalue weighted by Crippen LogP contribution is 2.30. The average Bonchev–Trinajstić information content (AvgIpc) is 3.33. The molecule has 0 spiro atoms. The number of rotatable bonds is 6. The lowest BCUT2D eigenvalue weighted by Gasteiger charge is -2.07. The molecule has 6 nitrogen and oxygen atoms in total. The van der Waals surface area contributed by atoms with Crippen LogP contribution in [0.25, 0.3) is 0 Å². The molecular formula is C20H22N2O4S. The summed E-state index contributed by atoms with van der Waals surface area (Å²) < 4.78 is 31.8. The summed E-state index contributed by atoms with van der Waals surface area (Å²) in [5.41, 5.74) is 5.21. The Morgan fingerprint density at radius 3 is 2.78 bits per heavy atom. The lowest BCUT2D eigenvalue weighted by Crippen LogP contribution is -2.16. The predicted octanol–water partition coefficient (Wildman–Crippen LogP) is 2.51. The highest BCUT2D eigenvalue weighted by molar-refractivity contribution is 7.91. The summed E-state index contributed by atoms with van der Waals surface area (Å²) in [7, 11) is -3.39. The zero-order valence-corrected chi connectivity index (χ0v) is 15.9. The van der Waals surface area contributed by atoms with E-state index in [2.05, 4.69) is 23.3 Å². The maximum Gasteiger partial charge on any atom is 0.217 e. The molecule has 7 heteroatoms. The highest BCUT2D eigenvalue weighted by atomic mass is 32.2. The fourth-order valence-electron chi connectivity index (χ4n) is 3.79. The summed E-state index contributed by atoms with van der Waals surface area (Å²) >= 11 is 0. The van der Waals surface area contributed by atoms with E-state index in [9.17, 15) is 13.5 Å². The Morgan fingerprint density at radius 2 is 2.07 bits per heavy atom. The minimum atomic E-state index is -3.39. The van der Waals surface area contributed by atoms with Gasteiger partial charge in [0.25, 0.3) is 0 Å². The van der Waals surface area contributed by atoms with Crippen molar-refractivity contribution in [1.29, 1.82) is 0 Å². The fourth-order valence-corrected chi connectivity index (χ4v) is 5.30. The molecule has 1 aliphatic rings. The molecule has 4 rings (SSSR count). The third-order valence-electron chi connectivity index (χ3n) is 5.11. The Kier molecular flexibility index (Phi) is 4.65. The van der Waals surface area contributed by atoms with Crippen molar-refractivity contribution in [3.63, 3.8) is 0 Å². The average molecular weight is 386 g/mol. The van der Waals surface area contributed by atoms with Gasteiger partial charge in [-0.1, -0.05) is 18.2 Å². The molecule has 0 bridgehead atoms. The first-order valence-corrected chi connectivity index (χ1v) is 10.6. The number of aromatic nitrogens is 2. The van der Waals surface area contributed by atoms with Gasteiger partial charge < -0.3 is 9.52 Å². The number of fused-ring (bicyclic) bond motifs is 1.